The number of para-hydroxylation sites is 1. The number of ketones is 1. The Kier molecular flexibility index (Phi) is 6.34. The van der Waals surface area contributed by atoms with Crippen LogP contribution in [0.25, 0.3) is 6.08 Å². The Morgan fingerprint density at radius 2 is 1.96 bits per heavy atom. The lowest BCUT2D eigenvalue weighted by Crippen LogP contribution is -2.03. The van der Waals surface area contributed by atoms with Gasteiger partial charge in [-0.05, 0) is 53.2 Å². The molecule has 0 amide bonds. The Balaban J connectivity index is 2.42. The van der Waals surface area contributed by atoms with E-state index in [-0.39, 0.29) is 10.0 Å². The molecule has 24 heavy (non-hydrogen) atoms. The monoisotopic (exact) mass is 452 g/mol. The Labute approximate surface area is 156 Å². The van der Waals surface area contributed by atoms with Crippen molar-refractivity contribution in [2.24, 2.45) is 0 Å². The standard InChI is InChI=1S/C18H14Br2O4/c1-2-24-16-6-4-3-5-11(16)7-8-15(21)13-9-12(19)10-14(20)18(23)17(13)22/h3-10H,2H2,1H3,(H,22,23)/b8-7+. The summed E-state index contributed by atoms with van der Waals surface area (Å²) in [6.07, 6.45) is 2.89. The van der Waals surface area contributed by atoms with Crippen LogP contribution in [0.15, 0.2) is 56.2 Å². The van der Waals surface area contributed by atoms with Gasteiger partial charge in [-0.3, -0.25) is 9.59 Å². The van der Waals surface area contributed by atoms with E-state index < -0.39 is 17.0 Å². The van der Waals surface area contributed by atoms with Crippen LogP contribution in [-0.4, -0.2) is 17.5 Å². The molecule has 0 saturated carbocycles. The number of rotatable bonds is 5. The summed E-state index contributed by atoms with van der Waals surface area (Å²) >= 11 is 6.30. The topological polar surface area (TPSA) is 63.6 Å². The second kappa shape index (κ2) is 8.26. The molecular formula is C18H14Br2O4. The molecule has 2 aromatic carbocycles. The van der Waals surface area contributed by atoms with Gasteiger partial charge in [-0.25, -0.2) is 0 Å². The van der Waals surface area contributed by atoms with Gasteiger partial charge in [0.15, 0.2) is 11.5 Å². The quantitative estimate of drug-likeness (QED) is 0.531. The lowest BCUT2D eigenvalue weighted by Gasteiger charge is -2.06. The molecule has 124 valence electrons. The van der Waals surface area contributed by atoms with Crippen molar-refractivity contribution in [1.82, 2.24) is 0 Å². The Bertz CT molecular complexity index is 860. The molecule has 0 saturated heterocycles. The zero-order chi connectivity index (χ0) is 17.7. The van der Waals surface area contributed by atoms with E-state index in [4.69, 9.17) is 4.74 Å². The van der Waals surface area contributed by atoms with Crippen molar-refractivity contribution in [2.75, 3.05) is 6.61 Å². The van der Waals surface area contributed by atoms with Crippen LogP contribution in [0.1, 0.15) is 22.8 Å². The van der Waals surface area contributed by atoms with Crippen molar-refractivity contribution >= 4 is 43.7 Å². The maximum Gasteiger partial charge on any atom is 0.235 e. The minimum atomic E-state index is -0.646. The van der Waals surface area contributed by atoms with Crippen LogP contribution in [0.2, 0.25) is 0 Å². The maximum absolute atomic E-state index is 12.4. The zero-order valence-corrected chi connectivity index (χ0v) is 15.9. The van der Waals surface area contributed by atoms with E-state index in [1.165, 1.54) is 18.2 Å². The zero-order valence-electron chi connectivity index (χ0n) is 12.8. The number of allylic oxidation sites excluding steroid dienone is 1. The number of hydrogen-bond donors (Lipinski definition) is 1. The van der Waals surface area contributed by atoms with Crippen LogP contribution < -0.4 is 10.2 Å². The van der Waals surface area contributed by atoms with Crippen molar-refractivity contribution in [2.45, 2.75) is 6.92 Å². The molecule has 0 atom stereocenters. The van der Waals surface area contributed by atoms with Crippen molar-refractivity contribution in [3.05, 3.63) is 72.8 Å². The van der Waals surface area contributed by atoms with Crippen LogP contribution >= 0.6 is 31.9 Å². The summed E-state index contributed by atoms with van der Waals surface area (Å²) in [4.78, 5) is 24.3. The molecule has 0 spiro atoms. The predicted molar refractivity (Wildman–Crippen MR) is 101 cm³/mol. The molecule has 1 N–H and O–H groups in total. The largest absolute Gasteiger partial charge is 0.504 e. The summed E-state index contributed by atoms with van der Waals surface area (Å²) < 4.78 is 6.15. The van der Waals surface area contributed by atoms with E-state index in [0.29, 0.717) is 16.8 Å². The molecule has 2 aromatic rings. The molecule has 0 aliphatic rings. The van der Waals surface area contributed by atoms with Gasteiger partial charge in [-0.1, -0.05) is 34.1 Å². The van der Waals surface area contributed by atoms with Crippen molar-refractivity contribution in [3.63, 3.8) is 0 Å². The van der Waals surface area contributed by atoms with Gasteiger partial charge < -0.3 is 9.84 Å². The van der Waals surface area contributed by atoms with Gasteiger partial charge in [0.25, 0.3) is 0 Å². The van der Waals surface area contributed by atoms with Gasteiger partial charge in [0.05, 0.1) is 16.6 Å². The van der Waals surface area contributed by atoms with Gasteiger partial charge in [0, 0.05) is 10.0 Å². The van der Waals surface area contributed by atoms with E-state index in [2.05, 4.69) is 31.9 Å². The molecule has 0 aromatic heterocycles. The van der Waals surface area contributed by atoms with Crippen molar-refractivity contribution in [1.29, 1.82) is 0 Å². The third kappa shape index (κ3) is 4.33. The molecule has 0 heterocycles. The first-order valence-corrected chi connectivity index (χ1v) is 8.69. The molecular weight excluding hydrogens is 440 g/mol. The summed E-state index contributed by atoms with van der Waals surface area (Å²) in [5.41, 5.74) is 0.00460. The lowest BCUT2D eigenvalue weighted by atomic mass is 10.1. The number of carbonyl (C=O) groups is 1. The lowest BCUT2D eigenvalue weighted by molar-refractivity contribution is 0.104. The van der Waals surface area contributed by atoms with Gasteiger partial charge in [0.2, 0.25) is 5.43 Å². The van der Waals surface area contributed by atoms with Crippen molar-refractivity contribution in [3.8, 4) is 11.5 Å². The first kappa shape index (κ1) is 18.4. The maximum atomic E-state index is 12.4. The molecule has 0 aliphatic heterocycles. The number of carbonyl (C=O) groups excluding carboxylic acids is 1. The van der Waals surface area contributed by atoms with Crippen molar-refractivity contribution < 1.29 is 14.6 Å². The average molecular weight is 454 g/mol. The summed E-state index contributed by atoms with van der Waals surface area (Å²) in [6.45, 7) is 2.38. The van der Waals surface area contributed by atoms with E-state index in [1.54, 1.807) is 12.1 Å². The molecule has 2 rings (SSSR count). The van der Waals surface area contributed by atoms with Crippen LogP contribution in [-0.2, 0) is 0 Å². The normalized spacial score (nSPS) is 10.8. The molecule has 4 nitrogen and oxygen atoms in total. The van der Waals surface area contributed by atoms with Crippen LogP contribution in [0.3, 0.4) is 0 Å². The number of benzene rings is 1. The highest BCUT2D eigenvalue weighted by Crippen LogP contribution is 2.23. The summed E-state index contributed by atoms with van der Waals surface area (Å²) in [7, 11) is 0. The van der Waals surface area contributed by atoms with E-state index in [9.17, 15) is 14.7 Å². The average Bonchev–Trinajstić information content (AvgIpc) is 2.66. The highest BCUT2D eigenvalue weighted by molar-refractivity contribution is 9.11. The van der Waals surface area contributed by atoms with Crippen LogP contribution in [0.4, 0.5) is 0 Å². The summed E-state index contributed by atoms with van der Waals surface area (Å²) in [6, 6.07) is 10.2. The highest BCUT2D eigenvalue weighted by atomic mass is 79.9. The van der Waals surface area contributed by atoms with E-state index in [1.807, 2.05) is 25.1 Å². The number of hydrogen-bond acceptors (Lipinski definition) is 4. The minimum absolute atomic E-state index is 0.0808. The predicted octanol–water partition coefficient (Wildman–Crippen LogP) is 4.57. The molecule has 0 fully saturated rings. The second-order valence-corrected chi connectivity index (χ2v) is 6.55. The van der Waals surface area contributed by atoms with E-state index in [0.717, 1.165) is 5.56 Å². The first-order chi connectivity index (χ1) is 11.4. The van der Waals surface area contributed by atoms with Gasteiger partial charge in [-0.2, -0.15) is 0 Å². The molecule has 0 bridgehead atoms. The first-order valence-electron chi connectivity index (χ1n) is 7.10. The number of aromatic hydroxyl groups is 1. The fraction of sp³-hybridized carbons (Fsp3) is 0.111. The van der Waals surface area contributed by atoms with Gasteiger partial charge in [-0.15, -0.1) is 0 Å². The second-order valence-electron chi connectivity index (χ2n) is 4.78. The van der Waals surface area contributed by atoms with Gasteiger partial charge in [0.1, 0.15) is 5.75 Å². The van der Waals surface area contributed by atoms with Crippen LogP contribution in [0, 0.1) is 0 Å². The fourth-order valence-corrected chi connectivity index (χ4v) is 3.22. The molecule has 0 radical (unpaired) electrons. The van der Waals surface area contributed by atoms with E-state index >= 15 is 0 Å². The van der Waals surface area contributed by atoms with Crippen LogP contribution in [0.5, 0.6) is 11.5 Å². The highest BCUT2D eigenvalue weighted by Gasteiger charge is 2.13. The SMILES string of the molecule is CCOc1ccccc1/C=C/C(=O)c1cc(Br)cc(Br)c(=O)c1O. The Morgan fingerprint density at radius 3 is 2.67 bits per heavy atom. The smallest absolute Gasteiger partial charge is 0.235 e. The minimum Gasteiger partial charge on any atom is -0.504 e. The molecule has 0 unspecified atom stereocenters. The summed E-state index contributed by atoms with van der Waals surface area (Å²) in [5, 5.41) is 10.0. The fourth-order valence-electron chi connectivity index (χ4n) is 2.02. The Hall–Kier alpha value is -1.92. The third-order valence-corrected chi connectivity index (χ3v) is 4.18. The Morgan fingerprint density at radius 1 is 1.25 bits per heavy atom. The summed E-state index contributed by atoms with van der Waals surface area (Å²) in [5.74, 6) is -0.430. The molecule has 0 aliphatic carbocycles. The molecule has 6 heteroatoms. The number of ether oxygens (including phenoxy) is 1. The number of halogens is 2. The third-order valence-electron chi connectivity index (χ3n) is 3.13. The van der Waals surface area contributed by atoms with Gasteiger partial charge >= 0.3 is 0 Å².